The molecule has 1 rings (SSSR count). The third-order valence-electron chi connectivity index (χ3n) is 2.28. The summed E-state index contributed by atoms with van der Waals surface area (Å²) in [4.78, 5) is 10.2. The number of methoxy groups -OCH3 is 2. The van der Waals surface area contributed by atoms with Gasteiger partial charge in [0, 0.05) is 13.5 Å². The number of ether oxygens (including phenoxy) is 2. The summed E-state index contributed by atoms with van der Waals surface area (Å²) in [6, 6.07) is 0. The van der Waals surface area contributed by atoms with E-state index in [0.717, 1.165) is 12.2 Å². The third-order valence-corrected chi connectivity index (χ3v) is 2.28. The standard InChI is InChI=1S/C10H15NO3/c1-13-9-4-3-5-10(6-9,14-2)7-11-8-12/h3-4,6,8H,5,7H2,1-2H3,(H,11,12). The number of hydrogen-bond donors (Lipinski definition) is 1. The molecule has 1 aliphatic carbocycles. The molecule has 0 saturated heterocycles. The van der Waals surface area contributed by atoms with E-state index in [9.17, 15) is 4.79 Å². The topological polar surface area (TPSA) is 47.6 Å². The summed E-state index contributed by atoms with van der Waals surface area (Å²) in [5.74, 6) is 0.755. The highest BCUT2D eigenvalue weighted by Crippen LogP contribution is 2.24. The van der Waals surface area contributed by atoms with Crippen LogP contribution in [0.1, 0.15) is 6.42 Å². The van der Waals surface area contributed by atoms with Crippen molar-refractivity contribution in [2.45, 2.75) is 12.0 Å². The summed E-state index contributed by atoms with van der Waals surface area (Å²) in [5.41, 5.74) is -0.471. The fourth-order valence-electron chi connectivity index (χ4n) is 1.42. The van der Waals surface area contributed by atoms with Crippen molar-refractivity contribution in [2.24, 2.45) is 0 Å². The van der Waals surface area contributed by atoms with E-state index < -0.39 is 5.60 Å². The molecule has 1 aliphatic rings. The minimum atomic E-state index is -0.471. The maximum absolute atomic E-state index is 10.2. The molecule has 0 aliphatic heterocycles. The van der Waals surface area contributed by atoms with Gasteiger partial charge < -0.3 is 14.8 Å². The van der Waals surface area contributed by atoms with E-state index in [0.29, 0.717) is 13.0 Å². The predicted octanol–water partition coefficient (Wildman–Crippen LogP) is 0.608. The van der Waals surface area contributed by atoms with E-state index >= 15 is 0 Å². The summed E-state index contributed by atoms with van der Waals surface area (Å²) in [7, 11) is 3.23. The Balaban J connectivity index is 2.74. The Kier molecular flexibility index (Phi) is 3.71. The Hall–Kier alpha value is -1.29. The van der Waals surface area contributed by atoms with Crippen molar-refractivity contribution in [3.8, 4) is 0 Å². The maximum Gasteiger partial charge on any atom is 0.207 e. The Bertz CT molecular complexity index is 260. The molecule has 0 fully saturated rings. The molecule has 0 saturated carbocycles. The van der Waals surface area contributed by atoms with Crippen LogP contribution in [0.25, 0.3) is 0 Å². The number of allylic oxidation sites excluding steroid dienone is 1. The van der Waals surface area contributed by atoms with Gasteiger partial charge in [0.05, 0.1) is 13.7 Å². The van der Waals surface area contributed by atoms with Crippen molar-refractivity contribution in [1.82, 2.24) is 5.32 Å². The van der Waals surface area contributed by atoms with E-state index in [1.54, 1.807) is 14.2 Å². The molecule has 14 heavy (non-hydrogen) atoms. The molecule has 78 valence electrons. The quantitative estimate of drug-likeness (QED) is 0.657. The van der Waals surface area contributed by atoms with Gasteiger partial charge in [-0.05, 0) is 12.2 Å². The second kappa shape index (κ2) is 4.81. The monoisotopic (exact) mass is 197 g/mol. The molecule has 4 nitrogen and oxygen atoms in total. The number of amides is 1. The highest BCUT2D eigenvalue weighted by Gasteiger charge is 2.28. The maximum atomic E-state index is 10.2. The number of rotatable bonds is 5. The van der Waals surface area contributed by atoms with Crippen LogP contribution in [0, 0.1) is 0 Å². The van der Waals surface area contributed by atoms with Crippen molar-refractivity contribution < 1.29 is 14.3 Å². The number of hydrogen-bond acceptors (Lipinski definition) is 3. The average molecular weight is 197 g/mol. The lowest BCUT2D eigenvalue weighted by Crippen LogP contribution is -2.41. The molecular formula is C10H15NO3. The van der Waals surface area contributed by atoms with Gasteiger partial charge in [-0.3, -0.25) is 4.79 Å². The molecule has 0 aromatic carbocycles. The van der Waals surface area contributed by atoms with Gasteiger partial charge >= 0.3 is 0 Å². The summed E-state index contributed by atoms with van der Waals surface area (Å²) in [5, 5.41) is 2.61. The zero-order valence-electron chi connectivity index (χ0n) is 8.45. The van der Waals surface area contributed by atoms with Crippen LogP contribution in [0.3, 0.4) is 0 Å². The second-order valence-electron chi connectivity index (χ2n) is 3.12. The smallest absolute Gasteiger partial charge is 0.207 e. The minimum absolute atomic E-state index is 0.449. The molecule has 0 aromatic rings. The van der Waals surface area contributed by atoms with Crippen molar-refractivity contribution in [2.75, 3.05) is 20.8 Å². The number of carbonyl (C=O) groups is 1. The Morgan fingerprint density at radius 3 is 3.00 bits per heavy atom. The van der Waals surface area contributed by atoms with Gasteiger partial charge in [-0.15, -0.1) is 0 Å². The van der Waals surface area contributed by atoms with Crippen molar-refractivity contribution in [3.63, 3.8) is 0 Å². The van der Waals surface area contributed by atoms with Crippen LogP contribution in [-0.4, -0.2) is 32.8 Å². The molecule has 4 heteroatoms. The summed E-state index contributed by atoms with van der Waals surface area (Å²) >= 11 is 0. The molecule has 1 atom stereocenters. The molecule has 0 spiro atoms. The van der Waals surface area contributed by atoms with E-state index in [1.165, 1.54) is 0 Å². The largest absolute Gasteiger partial charge is 0.497 e. The molecule has 0 heterocycles. The van der Waals surface area contributed by atoms with Crippen LogP contribution in [0.15, 0.2) is 24.0 Å². The fourth-order valence-corrected chi connectivity index (χ4v) is 1.42. The van der Waals surface area contributed by atoms with E-state index in [2.05, 4.69) is 5.32 Å². The highest BCUT2D eigenvalue weighted by molar-refractivity contribution is 5.46. The summed E-state index contributed by atoms with van der Waals surface area (Å²) in [6.45, 7) is 0.449. The van der Waals surface area contributed by atoms with Crippen LogP contribution < -0.4 is 5.32 Å². The van der Waals surface area contributed by atoms with E-state index in [-0.39, 0.29) is 0 Å². The normalized spacial score (nSPS) is 25.4. The molecule has 0 bridgehead atoms. The Morgan fingerprint density at radius 1 is 1.64 bits per heavy atom. The highest BCUT2D eigenvalue weighted by atomic mass is 16.5. The molecule has 1 amide bonds. The second-order valence-corrected chi connectivity index (χ2v) is 3.12. The van der Waals surface area contributed by atoms with Gasteiger partial charge in [-0.1, -0.05) is 6.08 Å². The Morgan fingerprint density at radius 2 is 2.43 bits per heavy atom. The lowest BCUT2D eigenvalue weighted by molar-refractivity contribution is -0.110. The van der Waals surface area contributed by atoms with Crippen LogP contribution in [0.5, 0.6) is 0 Å². The lowest BCUT2D eigenvalue weighted by atomic mass is 9.94. The molecule has 0 aromatic heterocycles. The van der Waals surface area contributed by atoms with Crippen molar-refractivity contribution in [1.29, 1.82) is 0 Å². The molecule has 1 unspecified atom stereocenters. The first-order chi connectivity index (χ1) is 6.76. The third kappa shape index (κ3) is 2.35. The lowest BCUT2D eigenvalue weighted by Gasteiger charge is -2.30. The molecule has 0 radical (unpaired) electrons. The fraction of sp³-hybridized carbons (Fsp3) is 0.500. The molecular weight excluding hydrogens is 182 g/mol. The molecule has 1 N–H and O–H groups in total. The Labute approximate surface area is 83.6 Å². The van der Waals surface area contributed by atoms with Gasteiger partial charge in [-0.25, -0.2) is 0 Å². The van der Waals surface area contributed by atoms with Gasteiger partial charge in [-0.2, -0.15) is 0 Å². The number of nitrogens with one attached hydrogen (secondary N) is 1. The van der Waals surface area contributed by atoms with Crippen LogP contribution in [0.4, 0.5) is 0 Å². The first-order valence-electron chi connectivity index (χ1n) is 4.42. The number of carbonyl (C=O) groups excluding carboxylic acids is 1. The van der Waals surface area contributed by atoms with E-state index in [1.807, 2.05) is 18.2 Å². The van der Waals surface area contributed by atoms with Crippen LogP contribution >= 0.6 is 0 Å². The van der Waals surface area contributed by atoms with Crippen LogP contribution in [0.2, 0.25) is 0 Å². The SMILES string of the molecule is COC1=CC(CNC=O)(OC)CC=C1. The first kappa shape index (κ1) is 10.8. The van der Waals surface area contributed by atoms with Gasteiger partial charge in [0.15, 0.2) is 0 Å². The zero-order chi connectivity index (χ0) is 10.4. The van der Waals surface area contributed by atoms with Gasteiger partial charge in [0.2, 0.25) is 6.41 Å². The average Bonchev–Trinajstić information content (AvgIpc) is 2.26. The predicted molar refractivity (Wildman–Crippen MR) is 52.7 cm³/mol. The first-order valence-corrected chi connectivity index (χ1v) is 4.42. The van der Waals surface area contributed by atoms with Crippen molar-refractivity contribution >= 4 is 6.41 Å². The minimum Gasteiger partial charge on any atom is -0.497 e. The van der Waals surface area contributed by atoms with Gasteiger partial charge in [0.1, 0.15) is 11.4 Å². The van der Waals surface area contributed by atoms with Gasteiger partial charge in [0.25, 0.3) is 0 Å². The van der Waals surface area contributed by atoms with E-state index in [4.69, 9.17) is 9.47 Å². The zero-order valence-corrected chi connectivity index (χ0v) is 8.45. The summed E-state index contributed by atoms with van der Waals surface area (Å²) in [6.07, 6.45) is 7.13. The summed E-state index contributed by atoms with van der Waals surface area (Å²) < 4.78 is 10.5. The van der Waals surface area contributed by atoms with Crippen molar-refractivity contribution in [3.05, 3.63) is 24.0 Å². The van der Waals surface area contributed by atoms with Crippen LogP contribution in [-0.2, 0) is 14.3 Å².